The highest BCUT2D eigenvalue weighted by Gasteiger charge is 2.21. The third kappa shape index (κ3) is 3.86. The number of amides is 1. The lowest BCUT2D eigenvalue weighted by atomic mass is 10.1. The van der Waals surface area contributed by atoms with Gasteiger partial charge >= 0.3 is 0 Å². The first-order valence-corrected chi connectivity index (χ1v) is 10.3. The van der Waals surface area contributed by atoms with Crippen LogP contribution in [0.25, 0.3) is 5.69 Å². The smallest absolute Gasteiger partial charge is 0.234 e. The Bertz CT molecular complexity index is 979. The molecule has 3 heterocycles. The SMILES string of the molecule is Cc1c([C@@H](C)NC(=O)CN2CCc3sccc3C2)cnn1-c1ccc(F)cc1. The van der Waals surface area contributed by atoms with Crippen molar-refractivity contribution in [2.75, 3.05) is 13.1 Å². The first-order valence-electron chi connectivity index (χ1n) is 9.38. The van der Waals surface area contributed by atoms with Crippen molar-refractivity contribution in [1.29, 1.82) is 0 Å². The van der Waals surface area contributed by atoms with Crippen molar-refractivity contribution in [3.05, 3.63) is 69.4 Å². The second kappa shape index (κ2) is 7.85. The number of aromatic nitrogens is 2. The molecular weight excluding hydrogens is 375 g/mol. The minimum Gasteiger partial charge on any atom is -0.348 e. The van der Waals surface area contributed by atoms with Crippen LogP contribution < -0.4 is 5.32 Å². The molecule has 0 saturated heterocycles. The molecule has 0 bridgehead atoms. The molecule has 0 saturated carbocycles. The summed E-state index contributed by atoms with van der Waals surface area (Å²) in [6.45, 7) is 6.06. The van der Waals surface area contributed by atoms with Crippen molar-refractivity contribution in [2.24, 2.45) is 0 Å². The van der Waals surface area contributed by atoms with Crippen LogP contribution in [0.5, 0.6) is 0 Å². The van der Waals surface area contributed by atoms with Gasteiger partial charge in [0.1, 0.15) is 5.82 Å². The van der Waals surface area contributed by atoms with E-state index < -0.39 is 0 Å². The third-order valence-corrected chi connectivity index (χ3v) is 6.24. The monoisotopic (exact) mass is 398 g/mol. The summed E-state index contributed by atoms with van der Waals surface area (Å²) in [7, 11) is 0. The summed E-state index contributed by atoms with van der Waals surface area (Å²) in [5.41, 5.74) is 4.02. The maximum atomic E-state index is 13.2. The third-order valence-electron chi connectivity index (χ3n) is 5.22. The molecule has 1 N–H and O–H groups in total. The predicted molar refractivity (Wildman–Crippen MR) is 108 cm³/mol. The molecule has 0 unspecified atom stereocenters. The summed E-state index contributed by atoms with van der Waals surface area (Å²) in [5.74, 6) is -0.262. The number of benzene rings is 1. The van der Waals surface area contributed by atoms with E-state index in [4.69, 9.17) is 0 Å². The Morgan fingerprint density at radius 1 is 1.32 bits per heavy atom. The zero-order chi connectivity index (χ0) is 19.7. The van der Waals surface area contributed by atoms with Crippen LogP contribution in [0.2, 0.25) is 0 Å². The molecule has 0 spiro atoms. The Balaban J connectivity index is 1.39. The molecule has 7 heteroatoms. The highest BCUT2D eigenvalue weighted by atomic mass is 32.1. The maximum absolute atomic E-state index is 13.2. The largest absolute Gasteiger partial charge is 0.348 e. The number of carbonyl (C=O) groups excluding carboxylic acids is 1. The van der Waals surface area contributed by atoms with Crippen molar-refractivity contribution in [3.8, 4) is 5.69 Å². The molecule has 1 amide bonds. The van der Waals surface area contributed by atoms with Gasteiger partial charge in [0, 0.05) is 29.2 Å². The first-order chi connectivity index (χ1) is 13.5. The van der Waals surface area contributed by atoms with Crippen LogP contribution in [0.15, 0.2) is 41.9 Å². The van der Waals surface area contributed by atoms with Gasteiger partial charge in [-0.25, -0.2) is 9.07 Å². The van der Waals surface area contributed by atoms with E-state index in [2.05, 4.69) is 26.8 Å². The minimum absolute atomic E-state index is 0.0140. The average Bonchev–Trinajstić information content (AvgIpc) is 3.28. The van der Waals surface area contributed by atoms with Gasteiger partial charge < -0.3 is 5.32 Å². The lowest BCUT2D eigenvalue weighted by Gasteiger charge is -2.26. The standard InChI is InChI=1S/C21H23FN4OS/c1-14(19-11-23-26(15(19)2)18-5-3-17(22)4-6-18)24-21(27)13-25-9-7-20-16(12-25)8-10-28-20/h3-6,8,10-11,14H,7,9,12-13H2,1-2H3,(H,24,27)/t14-/m1/s1. The number of hydrogen-bond acceptors (Lipinski definition) is 4. The Morgan fingerprint density at radius 2 is 2.11 bits per heavy atom. The summed E-state index contributed by atoms with van der Waals surface area (Å²) in [5, 5.41) is 9.62. The zero-order valence-corrected chi connectivity index (χ0v) is 16.8. The molecule has 3 aromatic rings. The van der Waals surface area contributed by atoms with Gasteiger partial charge in [-0.05, 0) is 61.5 Å². The maximum Gasteiger partial charge on any atom is 0.234 e. The van der Waals surface area contributed by atoms with E-state index in [1.807, 2.05) is 13.8 Å². The quantitative estimate of drug-likeness (QED) is 0.714. The molecule has 146 valence electrons. The molecule has 5 nitrogen and oxygen atoms in total. The second-order valence-electron chi connectivity index (χ2n) is 7.19. The number of rotatable bonds is 5. The van der Waals surface area contributed by atoms with E-state index in [9.17, 15) is 9.18 Å². The van der Waals surface area contributed by atoms with E-state index in [0.29, 0.717) is 6.54 Å². The minimum atomic E-state index is -0.276. The van der Waals surface area contributed by atoms with Crippen LogP contribution in [0.3, 0.4) is 0 Å². The van der Waals surface area contributed by atoms with Gasteiger partial charge in [-0.15, -0.1) is 11.3 Å². The molecule has 1 atom stereocenters. The van der Waals surface area contributed by atoms with Crippen LogP contribution in [0.1, 0.15) is 34.7 Å². The topological polar surface area (TPSA) is 50.2 Å². The summed E-state index contributed by atoms with van der Waals surface area (Å²) < 4.78 is 14.9. The second-order valence-corrected chi connectivity index (χ2v) is 8.19. The molecule has 1 aliphatic rings. The van der Waals surface area contributed by atoms with Crippen molar-refractivity contribution in [3.63, 3.8) is 0 Å². The Hall–Kier alpha value is -2.51. The molecule has 0 aliphatic carbocycles. The van der Waals surface area contributed by atoms with Gasteiger partial charge in [0.25, 0.3) is 0 Å². The fourth-order valence-corrected chi connectivity index (χ4v) is 4.59. The fraction of sp³-hybridized carbons (Fsp3) is 0.333. The van der Waals surface area contributed by atoms with Gasteiger partial charge in [0.2, 0.25) is 5.91 Å². The van der Waals surface area contributed by atoms with Crippen LogP contribution in [0, 0.1) is 12.7 Å². The van der Waals surface area contributed by atoms with E-state index in [1.54, 1.807) is 34.3 Å². The van der Waals surface area contributed by atoms with Gasteiger partial charge in [0.05, 0.1) is 24.5 Å². The predicted octanol–water partition coefficient (Wildman–Crippen LogP) is 3.62. The van der Waals surface area contributed by atoms with Crippen LogP contribution >= 0.6 is 11.3 Å². The summed E-state index contributed by atoms with van der Waals surface area (Å²) in [6, 6.07) is 8.22. The van der Waals surface area contributed by atoms with Crippen molar-refractivity contribution >= 4 is 17.2 Å². The van der Waals surface area contributed by atoms with Crippen molar-refractivity contribution in [1.82, 2.24) is 20.0 Å². The summed E-state index contributed by atoms with van der Waals surface area (Å²) >= 11 is 1.80. The number of fused-ring (bicyclic) bond motifs is 1. The van der Waals surface area contributed by atoms with Crippen LogP contribution in [-0.2, 0) is 17.8 Å². The van der Waals surface area contributed by atoms with Gasteiger partial charge in [-0.2, -0.15) is 5.10 Å². The van der Waals surface area contributed by atoms with E-state index in [1.165, 1.54) is 22.6 Å². The van der Waals surface area contributed by atoms with Crippen molar-refractivity contribution < 1.29 is 9.18 Å². The highest BCUT2D eigenvalue weighted by molar-refractivity contribution is 7.10. The number of halogens is 1. The van der Waals surface area contributed by atoms with E-state index in [0.717, 1.165) is 36.5 Å². The highest BCUT2D eigenvalue weighted by Crippen LogP contribution is 2.24. The average molecular weight is 399 g/mol. The van der Waals surface area contributed by atoms with Crippen LogP contribution in [-0.4, -0.2) is 33.7 Å². The van der Waals surface area contributed by atoms with Crippen LogP contribution in [0.4, 0.5) is 4.39 Å². The van der Waals surface area contributed by atoms with Crippen molar-refractivity contribution in [2.45, 2.75) is 32.9 Å². The molecule has 0 radical (unpaired) electrons. The van der Waals surface area contributed by atoms with Gasteiger partial charge in [0.15, 0.2) is 0 Å². The zero-order valence-electron chi connectivity index (χ0n) is 16.0. The molecule has 28 heavy (non-hydrogen) atoms. The number of nitrogens with one attached hydrogen (secondary N) is 1. The van der Waals surface area contributed by atoms with E-state index >= 15 is 0 Å². The number of thiophene rings is 1. The number of carbonyl (C=O) groups is 1. The van der Waals surface area contributed by atoms with Gasteiger partial charge in [-0.1, -0.05) is 0 Å². The Morgan fingerprint density at radius 3 is 2.89 bits per heavy atom. The first kappa shape index (κ1) is 18.8. The molecular formula is C21H23FN4OS. The Kier molecular flexibility index (Phi) is 5.28. The lowest BCUT2D eigenvalue weighted by Crippen LogP contribution is -2.40. The normalized spacial score (nSPS) is 15.2. The fourth-order valence-electron chi connectivity index (χ4n) is 3.70. The molecule has 4 rings (SSSR count). The number of hydrogen-bond donors (Lipinski definition) is 1. The molecule has 2 aromatic heterocycles. The Labute approximate surface area is 167 Å². The number of nitrogens with zero attached hydrogens (tertiary/aromatic N) is 3. The summed E-state index contributed by atoms with van der Waals surface area (Å²) in [6.07, 6.45) is 2.78. The molecule has 1 aliphatic heterocycles. The molecule has 0 fully saturated rings. The lowest BCUT2D eigenvalue weighted by molar-refractivity contribution is -0.123. The van der Waals surface area contributed by atoms with Gasteiger partial charge in [-0.3, -0.25) is 9.69 Å². The molecule has 1 aromatic carbocycles. The summed E-state index contributed by atoms with van der Waals surface area (Å²) in [4.78, 5) is 16.2. The van der Waals surface area contributed by atoms with E-state index in [-0.39, 0.29) is 17.8 Å².